The molecular formula is C4H6ClFO. The van der Waals surface area contributed by atoms with Crippen molar-refractivity contribution in [3.8, 4) is 0 Å². The van der Waals surface area contributed by atoms with Gasteiger partial charge in [-0.2, -0.15) is 4.39 Å². The molecule has 0 atom stereocenters. The van der Waals surface area contributed by atoms with Crippen molar-refractivity contribution in [3.63, 3.8) is 0 Å². The van der Waals surface area contributed by atoms with Gasteiger partial charge in [0.25, 0.3) is 6.01 Å². The maximum atomic E-state index is 11.6. The van der Waals surface area contributed by atoms with Crippen LogP contribution in [0.5, 0.6) is 0 Å². The van der Waals surface area contributed by atoms with Crippen molar-refractivity contribution in [3.05, 3.63) is 11.5 Å². The minimum absolute atomic E-state index is 0.315. The molecule has 0 saturated carbocycles. The number of hydrogen-bond acceptors (Lipinski definition) is 1. The first-order valence-corrected chi connectivity index (χ1v) is 2.33. The number of halogens is 2. The second-order valence-electron chi connectivity index (χ2n) is 0.846. The van der Waals surface area contributed by atoms with Gasteiger partial charge in [-0.25, -0.2) is 0 Å². The third kappa shape index (κ3) is 3.59. The van der Waals surface area contributed by atoms with E-state index in [4.69, 9.17) is 11.6 Å². The van der Waals surface area contributed by atoms with E-state index in [1.165, 1.54) is 0 Å². The molecule has 0 aliphatic rings. The summed E-state index contributed by atoms with van der Waals surface area (Å²) in [6.45, 7) is 2.00. The molecule has 0 aromatic rings. The summed E-state index contributed by atoms with van der Waals surface area (Å²) in [6.07, 6.45) is 0. The molecule has 0 rings (SSSR count). The molecule has 0 fully saturated rings. The van der Waals surface area contributed by atoms with Crippen molar-refractivity contribution in [1.29, 1.82) is 0 Å². The van der Waals surface area contributed by atoms with Gasteiger partial charge in [0.1, 0.15) is 0 Å². The van der Waals surface area contributed by atoms with E-state index < -0.39 is 6.01 Å². The normalized spacial score (nSPS) is 11.6. The van der Waals surface area contributed by atoms with E-state index in [9.17, 15) is 4.39 Å². The molecule has 0 bridgehead atoms. The van der Waals surface area contributed by atoms with Crippen LogP contribution in [0.3, 0.4) is 0 Å². The Bertz CT molecular complexity index is 72.1. The zero-order chi connectivity index (χ0) is 5.70. The lowest BCUT2D eigenvalue weighted by Crippen LogP contribution is -1.81. The summed E-state index contributed by atoms with van der Waals surface area (Å²) in [5.74, 6) is 0. The van der Waals surface area contributed by atoms with Gasteiger partial charge in [0.05, 0.1) is 12.1 Å². The number of ether oxygens (including phenoxy) is 1. The third-order valence-electron chi connectivity index (χ3n) is 0.368. The molecule has 0 spiro atoms. The highest BCUT2D eigenvalue weighted by Crippen LogP contribution is 1.98. The topological polar surface area (TPSA) is 9.23 Å². The van der Waals surface area contributed by atoms with Crippen LogP contribution in [0, 0.1) is 0 Å². The van der Waals surface area contributed by atoms with E-state index in [0.29, 0.717) is 6.61 Å². The predicted octanol–water partition coefficient (Wildman–Crippen LogP) is 2.03. The van der Waals surface area contributed by atoms with Crippen LogP contribution >= 0.6 is 11.6 Å². The predicted molar refractivity (Wildman–Crippen MR) is 26.7 cm³/mol. The Labute approximate surface area is 46.7 Å². The minimum Gasteiger partial charge on any atom is -0.470 e. The summed E-state index contributed by atoms with van der Waals surface area (Å²) in [7, 11) is 0. The molecule has 0 N–H and O–H groups in total. The first-order valence-electron chi connectivity index (χ1n) is 1.90. The molecule has 0 aromatic carbocycles. The standard InChI is InChI=1S/C4H6ClFO/c1-2-7-4(6)3-5/h3H,2H2,1H3. The first kappa shape index (κ1) is 6.76. The summed E-state index contributed by atoms with van der Waals surface area (Å²) < 4.78 is 15.9. The van der Waals surface area contributed by atoms with Crippen LogP contribution in [0.1, 0.15) is 6.92 Å². The van der Waals surface area contributed by atoms with Crippen molar-refractivity contribution in [1.82, 2.24) is 0 Å². The highest BCUT2D eigenvalue weighted by molar-refractivity contribution is 6.25. The van der Waals surface area contributed by atoms with E-state index in [-0.39, 0.29) is 0 Å². The van der Waals surface area contributed by atoms with E-state index in [1.54, 1.807) is 6.92 Å². The van der Waals surface area contributed by atoms with Crippen LogP contribution in [0.15, 0.2) is 11.5 Å². The van der Waals surface area contributed by atoms with Gasteiger partial charge >= 0.3 is 0 Å². The molecule has 0 aromatic heterocycles. The van der Waals surface area contributed by atoms with E-state index in [1.807, 2.05) is 0 Å². The van der Waals surface area contributed by atoms with Crippen LogP contribution in [-0.2, 0) is 4.74 Å². The molecule has 42 valence electrons. The summed E-state index contributed by atoms with van der Waals surface area (Å²) in [6, 6.07) is -0.732. The highest BCUT2D eigenvalue weighted by atomic mass is 35.5. The summed E-state index contributed by atoms with van der Waals surface area (Å²) in [4.78, 5) is 0. The van der Waals surface area contributed by atoms with E-state index >= 15 is 0 Å². The quantitative estimate of drug-likeness (QED) is 0.512. The number of hydrogen-bond donors (Lipinski definition) is 0. The van der Waals surface area contributed by atoms with Crippen molar-refractivity contribution < 1.29 is 9.13 Å². The summed E-state index contributed by atoms with van der Waals surface area (Å²) in [5, 5.41) is 0. The van der Waals surface area contributed by atoms with E-state index in [2.05, 4.69) is 4.74 Å². The molecule has 0 heterocycles. The lowest BCUT2D eigenvalue weighted by molar-refractivity contribution is 0.159. The van der Waals surface area contributed by atoms with Gasteiger partial charge < -0.3 is 4.74 Å². The Morgan fingerprint density at radius 1 is 2.00 bits per heavy atom. The molecule has 3 heteroatoms. The molecular weight excluding hydrogens is 118 g/mol. The second-order valence-corrected chi connectivity index (χ2v) is 1.06. The van der Waals surface area contributed by atoms with Crippen molar-refractivity contribution in [2.45, 2.75) is 6.92 Å². The van der Waals surface area contributed by atoms with Crippen molar-refractivity contribution in [2.24, 2.45) is 0 Å². The average molecular weight is 125 g/mol. The molecule has 0 radical (unpaired) electrons. The lowest BCUT2D eigenvalue weighted by atomic mass is 10.9. The van der Waals surface area contributed by atoms with Gasteiger partial charge in [0, 0.05) is 0 Å². The van der Waals surface area contributed by atoms with Gasteiger partial charge in [-0.05, 0) is 6.92 Å². The van der Waals surface area contributed by atoms with Gasteiger partial charge in [-0.3, -0.25) is 0 Å². The van der Waals surface area contributed by atoms with Gasteiger partial charge in [0.15, 0.2) is 0 Å². The molecule has 7 heavy (non-hydrogen) atoms. The Kier molecular flexibility index (Phi) is 3.80. The minimum atomic E-state index is -0.732. The maximum absolute atomic E-state index is 11.6. The molecule has 0 amide bonds. The fourth-order valence-electron chi connectivity index (χ4n) is 0.169. The Balaban J connectivity index is 3.17. The molecule has 0 aliphatic heterocycles. The Morgan fingerprint density at radius 3 is 2.71 bits per heavy atom. The van der Waals surface area contributed by atoms with Crippen LogP contribution in [-0.4, -0.2) is 6.61 Å². The van der Waals surface area contributed by atoms with Crippen molar-refractivity contribution in [2.75, 3.05) is 6.61 Å². The van der Waals surface area contributed by atoms with Gasteiger partial charge in [-0.15, -0.1) is 0 Å². The molecule has 0 unspecified atom stereocenters. The fourth-order valence-corrected chi connectivity index (χ4v) is 0.232. The fraction of sp³-hybridized carbons (Fsp3) is 0.500. The van der Waals surface area contributed by atoms with Crippen LogP contribution < -0.4 is 0 Å². The zero-order valence-electron chi connectivity index (χ0n) is 3.95. The summed E-state index contributed by atoms with van der Waals surface area (Å²) in [5.41, 5.74) is 0.753. The van der Waals surface area contributed by atoms with Gasteiger partial charge in [0.2, 0.25) is 0 Å². The largest absolute Gasteiger partial charge is 0.470 e. The van der Waals surface area contributed by atoms with Crippen molar-refractivity contribution >= 4 is 11.6 Å². The number of rotatable bonds is 2. The zero-order valence-corrected chi connectivity index (χ0v) is 4.70. The molecule has 0 aliphatic carbocycles. The SMILES string of the molecule is CCOC(F)=CCl. The Morgan fingerprint density at radius 2 is 2.57 bits per heavy atom. The lowest BCUT2D eigenvalue weighted by Gasteiger charge is -1.92. The van der Waals surface area contributed by atoms with Crippen LogP contribution in [0.2, 0.25) is 0 Å². The average Bonchev–Trinajstić information content (AvgIpc) is 1.68. The smallest absolute Gasteiger partial charge is 0.284 e. The van der Waals surface area contributed by atoms with Gasteiger partial charge in [-0.1, -0.05) is 11.6 Å². The first-order chi connectivity index (χ1) is 3.31. The third-order valence-corrected chi connectivity index (χ3v) is 0.540. The molecule has 1 nitrogen and oxygen atoms in total. The highest BCUT2D eigenvalue weighted by Gasteiger charge is 1.85. The maximum Gasteiger partial charge on any atom is 0.284 e. The van der Waals surface area contributed by atoms with Crippen LogP contribution in [0.4, 0.5) is 4.39 Å². The van der Waals surface area contributed by atoms with E-state index in [0.717, 1.165) is 5.54 Å². The molecule has 0 saturated heterocycles. The monoisotopic (exact) mass is 124 g/mol. The summed E-state index contributed by atoms with van der Waals surface area (Å²) >= 11 is 4.87. The second kappa shape index (κ2) is 3.93. The Hall–Kier alpha value is -0.240. The van der Waals surface area contributed by atoms with Crippen LogP contribution in [0.25, 0.3) is 0 Å².